The Bertz CT molecular complexity index is 784. The van der Waals surface area contributed by atoms with E-state index in [0.29, 0.717) is 0 Å². The number of hydrogen-bond donors (Lipinski definition) is 0. The number of allylic oxidation sites excluding steroid dienone is 1. The number of hydrogen-bond acceptors (Lipinski definition) is 2. The van der Waals surface area contributed by atoms with Crippen LogP contribution in [0.1, 0.15) is 29.6 Å². The van der Waals surface area contributed by atoms with E-state index in [0.717, 1.165) is 29.0 Å². The number of imidazole rings is 1. The number of nitrogens with zero attached hydrogens (tertiary/aromatic N) is 3. The van der Waals surface area contributed by atoms with Crippen molar-refractivity contribution in [2.45, 2.75) is 20.3 Å². The summed E-state index contributed by atoms with van der Waals surface area (Å²) in [6, 6.07) is 12.3. The maximum absolute atomic E-state index is 4.73. The van der Waals surface area contributed by atoms with E-state index in [1.54, 1.807) is 6.20 Å². The molecule has 2 heterocycles. The highest BCUT2D eigenvalue weighted by Crippen LogP contribution is 2.21. The van der Waals surface area contributed by atoms with Crippen LogP contribution < -0.4 is 0 Å². The largest absolute Gasteiger partial charge is 0.231 e. The van der Waals surface area contributed by atoms with Gasteiger partial charge in [-0.2, -0.15) is 5.10 Å². The van der Waals surface area contributed by atoms with E-state index in [1.807, 2.05) is 23.6 Å². The van der Waals surface area contributed by atoms with E-state index in [9.17, 15) is 0 Å². The SMILES string of the molecule is C=C(C)c1nc(Cc2ccccc2C)n2ncccc12. The van der Waals surface area contributed by atoms with Crippen molar-refractivity contribution in [3.05, 3.63) is 71.8 Å². The van der Waals surface area contributed by atoms with Gasteiger partial charge in [0.25, 0.3) is 0 Å². The second kappa shape index (κ2) is 4.93. The Morgan fingerprint density at radius 2 is 2.00 bits per heavy atom. The molecule has 3 rings (SSSR count). The third-order valence-electron chi connectivity index (χ3n) is 3.49. The molecule has 0 saturated carbocycles. The molecule has 0 aliphatic heterocycles. The van der Waals surface area contributed by atoms with Crippen LogP contribution in [0.2, 0.25) is 0 Å². The fraction of sp³-hybridized carbons (Fsp3) is 0.176. The average molecular weight is 263 g/mol. The Morgan fingerprint density at radius 3 is 2.75 bits per heavy atom. The maximum Gasteiger partial charge on any atom is 0.135 e. The molecule has 3 heteroatoms. The molecule has 0 unspecified atom stereocenters. The second-order valence-corrected chi connectivity index (χ2v) is 5.08. The standard InChI is InChI=1S/C17H17N3/c1-12(2)17-15-9-6-10-18-20(15)16(19-17)11-14-8-5-4-7-13(14)3/h4-10H,1,11H2,2-3H3. The number of fused-ring (bicyclic) bond motifs is 1. The van der Waals surface area contributed by atoms with Crippen molar-refractivity contribution >= 4 is 11.1 Å². The Hall–Kier alpha value is -2.42. The highest BCUT2D eigenvalue weighted by Gasteiger charge is 2.13. The van der Waals surface area contributed by atoms with Gasteiger partial charge in [-0.05, 0) is 42.7 Å². The van der Waals surface area contributed by atoms with Crippen LogP contribution in [-0.4, -0.2) is 14.6 Å². The molecule has 20 heavy (non-hydrogen) atoms. The Labute approximate surface area is 118 Å². The van der Waals surface area contributed by atoms with E-state index in [2.05, 4.69) is 42.9 Å². The second-order valence-electron chi connectivity index (χ2n) is 5.08. The zero-order valence-corrected chi connectivity index (χ0v) is 11.8. The van der Waals surface area contributed by atoms with E-state index < -0.39 is 0 Å². The predicted molar refractivity (Wildman–Crippen MR) is 81.7 cm³/mol. The van der Waals surface area contributed by atoms with Gasteiger partial charge in [-0.1, -0.05) is 30.8 Å². The molecule has 2 aromatic heterocycles. The van der Waals surface area contributed by atoms with Crippen molar-refractivity contribution in [1.29, 1.82) is 0 Å². The smallest absolute Gasteiger partial charge is 0.135 e. The fourth-order valence-electron chi connectivity index (χ4n) is 2.40. The molecule has 0 aliphatic rings. The summed E-state index contributed by atoms with van der Waals surface area (Å²) in [5.74, 6) is 0.952. The van der Waals surface area contributed by atoms with Crippen LogP contribution in [0.3, 0.4) is 0 Å². The Balaban J connectivity index is 2.13. The quantitative estimate of drug-likeness (QED) is 0.722. The third kappa shape index (κ3) is 2.11. The normalized spacial score (nSPS) is 10.9. The third-order valence-corrected chi connectivity index (χ3v) is 3.49. The van der Waals surface area contributed by atoms with E-state index >= 15 is 0 Å². The van der Waals surface area contributed by atoms with Crippen LogP contribution in [-0.2, 0) is 6.42 Å². The van der Waals surface area contributed by atoms with Gasteiger partial charge in [0.1, 0.15) is 5.82 Å². The lowest BCUT2D eigenvalue weighted by Gasteiger charge is -2.04. The molecule has 1 aromatic carbocycles. The molecule has 0 aliphatic carbocycles. The van der Waals surface area contributed by atoms with Gasteiger partial charge in [0, 0.05) is 12.6 Å². The topological polar surface area (TPSA) is 30.2 Å². The number of aromatic nitrogens is 3. The van der Waals surface area contributed by atoms with Crippen LogP contribution in [0.5, 0.6) is 0 Å². The zero-order chi connectivity index (χ0) is 14.1. The Morgan fingerprint density at radius 1 is 1.20 bits per heavy atom. The lowest BCUT2D eigenvalue weighted by atomic mass is 10.1. The number of benzene rings is 1. The number of aryl methyl sites for hydroxylation is 1. The van der Waals surface area contributed by atoms with Gasteiger partial charge in [-0.3, -0.25) is 0 Å². The molecule has 3 nitrogen and oxygen atoms in total. The molecule has 0 amide bonds. The van der Waals surface area contributed by atoms with Gasteiger partial charge in [0.2, 0.25) is 0 Å². The molecular weight excluding hydrogens is 246 g/mol. The molecule has 0 spiro atoms. The van der Waals surface area contributed by atoms with Crippen molar-refractivity contribution in [3.63, 3.8) is 0 Å². The summed E-state index contributed by atoms with van der Waals surface area (Å²) < 4.78 is 1.91. The van der Waals surface area contributed by atoms with Crippen molar-refractivity contribution in [2.24, 2.45) is 0 Å². The minimum Gasteiger partial charge on any atom is -0.231 e. The van der Waals surface area contributed by atoms with Gasteiger partial charge in [0.15, 0.2) is 0 Å². The van der Waals surface area contributed by atoms with Crippen molar-refractivity contribution in [1.82, 2.24) is 14.6 Å². The summed E-state index contributed by atoms with van der Waals surface area (Å²) in [6.07, 6.45) is 2.57. The fourth-order valence-corrected chi connectivity index (χ4v) is 2.40. The first-order valence-corrected chi connectivity index (χ1v) is 6.70. The van der Waals surface area contributed by atoms with Gasteiger partial charge in [-0.25, -0.2) is 9.50 Å². The molecule has 0 bridgehead atoms. The van der Waals surface area contributed by atoms with Gasteiger partial charge >= 0.3 is 0 Å². The van der Waals surface area contributed by atoms with E-state index in [1.165, 1.54) is 11.1 Å². The summed E-state index contributed by atoms with van der Waals surface area (Å²) in [5, 5.41) is 4.42. The van der Waals surface area contributed by atoms with E-state index in [4.69, 9.17) is 4.98 Å². The molecule has 100 valence electrons. The van der Waals surface area contributed by atoms with Crippen molar-refractivity contribution < 1.29 is 0 Å². The van der Waals surface area contributed by atoms with Crippen molar-refractivity contribution in [2.75, 3.05) is 0 Å². The van der Waals surface area contributed by atoms with Crippen LogP contribution in [0.15, 0.2) is 49.2 Å². The Kier molecular flexibility index (Phi) is 3.11. The first kappa shape index (κ1) is 12.6. The lowest BCUT2D eigenvalue weighted by molar-refractivity contribution is 0.839. The van der Waals surface area contributed by atoms with Gasteiger partial charge < -0.3 is 0 Å². The van der Waals surface area contributed by atoms with Crippen LogP contribution in [0.25, 0.3) is 11.1 Å². The van der Waals surface area contributed by atoms with Crippen LogP contribution in [0, 0.1) is 6.92 Å². The first-order valence-electron chi connectivity index (χ1n) is 6.70. The average Bonchev–Trinajstić information content (AvgIpc) is 2.81. The zero-order valence-electron chi connectivity index (χ0n) is 11.8. The van der Waals surface area contributed by atoms with Crippen LogP contribution >= 0.6 is 0 Å². The highest BCUT2D eigenvalue weighted by molar-refractivity contribution is 5.73. The molecule has 0 saturated heterocycles. The monoisotopic (exact) mass is 263 g/mol. The molecule has 0 fully saturated rings. The molecule has 0 radical (unpaired) electrons. The maximum atomic E-state index is 4.73. The summed E-state index contributed by atoms with van der Waals surface area (Å²) in [7, 11) is 0. The molecule has 0 atom stereocenters. The number of rotatable bonds is 3. The van der Waals surface area contributed by atoms with Gasteiger partial charge in [-0.15, -0.1) is 0 Å². The highest BCUT2D eigenvalue weighted by atomic mass is 15.3. The summed E-state index contributed by atoms with van der Waals surface area (Å²) >= 11 is 0. The molecular formula is C17H17N3. The molecule has 0 N–H and O–H groups in total. The van der Waals surface area contributed by atoms with Gasteiger partial charge in [0.05, 0.1) is 11.2 Å². The molecule has 3 aromatic rings. The summed E-state index contributed by atoms with van der Waals surface area (Å²) in [6.45, 7) is 8.11. The van der Waals surface area contributed by atoms with Crippen molar-refractivity contribution in [3.8, 4) is 0 Å². The lowest BCUT2D eigenvalue weighted by Crippen LogP contribution is -2.00. The minimum absolute atomic E-state index is 0.776. The first-order chi connectivity index (χ1) is 9.66. The van der Waals surface area contributed by atoms with Crippen LogP contribution in [0.4, 0.5) is 0 Å². The predicted octanol–water partition coefficient (Wildman–Crippen LogP) is 3.66. The van der Waals surface area contributed by atoms with E-state index in [-0.39, 0.29) is 0 Å². The summed E-state index contributed by atoms with van der Waals surface area (Å²) in [4.78, 5) is 4.73. The minimum atomic E-state index is 0.776. The summed E-state index contributed by atoms with van der Waals surface area (Å²) in [5.41, 5.74) is 5.46.